The number of imidazole rings is 1. The molecule has 25 rings (SSSR count). The van der Waals surface area contributed by atoms with E-state index in [1.54, 1.807) is 22.7 Å². The van der Waals surface area contributed by atoms with Gasteiger partial charge in [0.25, 0.3) is 0 Å². The molecule has 25 aromatic rings. The fourth-order valence-corrected chi connectivity index (χ4v) is 19.1. The van der Waals surface area contributed by atoms with E-state index in [1.165, 1.54) is 9.40 Å². The lowest BCUT2D eigenvalue weighted by atomic mass is 9.96. The maximum Gasteiger partial charge on any atom is 0.164 e. The first-order valence-electron chi connectivity index (χ1n) is 42.6. The van der Waals surface area contributed by atoms with Crippen LogP contribution in [-0.2, 0) is 0 Å². The molecule has 0 bridgehead atoms. The molecule has 0 radical (unpaired) electrons. The van der Waals surface area contributed by atoms with Gasteiger partial charge in [0.2, 0.25) is 0 Å². The lowest BCUT2D eigenvalue weighted by Crippen LogP contribution is -2.00. The highest BCUT2D eigenvalue weighted by molar-refractivity contribution is 7.22. The van der Waals surface area contributed by atoms with Crippen molar-refractivity contribution in [3.63, 3.8) is 0 Å². The van der Waals surface area contributed by atoms with Crippen molar-refractivity contribution >= 4 is 119 Å². The molecule has 15 heteroatoms. The maximum absolute atomic E-state index is 5.34. The summed E-state index contributed by atoms with van der Waals surface area (Å²) in [6.45, 7) is 0. The fourth-order valence-electron chi connectivity index (χ4n) is 17.1. The second-order valence-corrected chi connectivity index (χ2v) is 33.4. The van der Waals surface area contributed by atoms with Crippen LogP contribution in [0.1, 0.15) is 0 Å². The predicted octanol–water partition coefficient (Wildman–Crippen LogP) is 29.1. The molecule has 13 nitrogen and oxygen atoms in total. The van der Waals surface area contributed by atoms with Crippen molar-refractivity contribution in [2.75, 3.05) is 0 Å². The summed E-state index contributed by atoms with van der Waals surface area (Å²) < 4.78 is 4.61. The fraction of sp³-hybridized carbons (Fsp3) is 0. The average Bonchev–Trinajstić information content (AvgIpc) is 1.61. The summed E-state index contributed by atoms with van der Waals surface area (Å²) in [4.78, 5) is 60.1. The Morgan fingerprint density at radius 3 is 0.946 bits per heavy atom. The summed E-state index contributed by atoms with van der Waals surface area (Å²) in [5.74, 6) is 6.76. The molecule has 6 aromatic heterocycles. The average molecular weight is 1690 g/mol. The Balaban J connectivity index is 0.000000111. The monoisotopic (exact) mass is 1690 g/mol. The molecule has 0 unspecified atom stereocenters. The van der Waals surface area contributed by atoms with Crippen LogP contribution in [0, 0.1) is 0 Å². The molecule has 0 spiro atoms. The number of rotatable bonds is 13. The van der Waals surface area contributed by atoms with E-state index in [1.807, 2.05) is 206 Å². The number of hydrogen-bond donors (Lipinski definition) is 0. The largest absolute Gasteiger partial charge is 0.292 e. The van der Waals surface area contributed by atoms with Gasteiger partial charge in [-0.2, -0.15) is 0 Å². The SMILES string of the molecule is c1ccc(-c2nc(-c3ccccc3)nc(-c3cc4ccc5sc(-c6ccccc6)nc5c4c4ccccc34)n2)cc1.c1ccc(-c2nc(-c3ccccc3)nc(-c3ccc4c(ccc5ccc6c(nc(-c7ccccc7)n6-c6ccccc6)c54)c3)n2)cc1.c1ccc(-c2nc(-c3ccccc3)nc(-c3ccc4ccc5ccc6sc(-c7ccccc7)nc6c5c4c3)n2)cc1. The van der Waals surface area contributed by atoms with Gasteiger partial charge in [0, 0.05) is 88.6 Å². The molecule has 0 atom stereocenters. The molecule has 0 amide bonds. The standard InChI is InChI=1S/C42H27N5.2C36H22N4S/c1-5-13-29(14-6-1)39-44-40(30-15-7-2-8-16-30)46-41(45-39)33-23-25-35-32(27-33)22-21-28-24-26-36-38(37(28)35)43-42(31-17-9-3-10-18-31)47(36)34-19-11-4-12-20-34;1-4-12-23(13-5-1)33-38-34(24-14-6-2-7-15-24)40-35(39-33)29-22-26-20-21-30-32(31(26)28-19-11-10-18-27(28)29)37-36(41-30)25-16-8-3-9-17-25;1-4-10-25(11-5-1)33-38-34(26-12-6-2-7-13-26)40-35(39-33)28-19-17-23-16-18-24-20-21-30-32(31(24)29(23)22-28)37-36(41-30)27-14-8-3-9-15-27/h1-27H;2*1-22H. The van der Waals surface area contributed by atoms with Crippen LogP contribution in [0.5, 0.6) is 0 Å². The Kier molecular flexibility index (Phi) is 20.0. The third-order valence-electron chi connectivity index (χ3n) is 23.3. The zero-order valence-corrected chi connectivity index (χ0v) is 70.8. The second kappa shape index (κ2) is 33.6. The molecule has 0 saturated carbocycles. The van der Waals surface area contributed by atoms with E-state index in [-0.39, 0.29) is 0 Å². The van der Waals surface area contributed by atoms with Crippen molar-refractivity contribution in [3.05, 3.63) is 431 Å². The molecular formula is C114H71N13S2. The molecular weight excluding hydrogens is 1620 g/mol. The van der Waals surface area contributed by atoms with Crippen LogP contribution < -0.4 is 0 Å². The van der Waals surface area contributed by atoms with Crippen molar-refractivity contribution in [2.45, 2.75) is 0 Å². The lowest BCUT2D eigenvalue weighted by molar-refractivity contribution is 1.07. The quantitative estimate of drug-likeness (QED) is 0.101. The van der Waals surface area contributed by atoms with E-state index in [2.05, 4.69) is 229 Å². The van der Waals surface area contributed by atoms with Crippen LogP contribution >= 0.6 is 22.7 Å². The Morgan fingerprint density at radius 2 is 0.496 bits per heavy atom. The molecule has 0 fully saturated rings. The number of fused-ring (bicyclic) bond motifs is 15. The molecule has 19 aromatic carbocycles. The Hall–Kier alpha value is -17.0. The first-order chi connectivity index (χ1) is 63.9. The molecule has 129 heavy (non-hydrogen) atoms. The summed E-state index contributed by atoms with van der Waals surface area (Å²) >= 11 is 3.46. The van der Waals surface area contributed by atoms with Crippen LogP contribution in [0.4, 0.5) is 0 Å². The van der Waals surface area contributed by atoms with E-state index in [9.17, 15) is 0 Å². The van der Waals surface area contributed by atoms with Crippen LogP contribution in [0.2, 0.25) is 0 Å². The third-order valence-corrected chi connectivity index (χ3v) is 25.4. The minimum absolute atomic E-state index is 0.637. The molecule has 0 saturated heterocycles. The third kappa shape index (κ3) is 15.0. The number of hydrogen-bond acceptors (Lipinski definition) is 14. The normalized spacial score (nSPS) is 11.4. The van der Waals surface area contributed by atoms with Gasteiger partial charge in [0.05, 0.1) is 31.5 Å². The molecule has 0 N–H and O–H groups in total. The van der Waals surface area contributed by atoms with E-state index in [0.717, 1.165) is 175 Å². The zero-order valence-electron chi connectivity index (χ0n) is 69.1. The van der Waals surface area contributed by atoms with E-state index in [4.69, 9.17) is 59.8 Å². The minimum Gasteiger partial charge on any atom is -0.292 e. The summed E-state index contributed by atoms with van der Waals surface area (Å²) in [6.07, 6.45) is 0. The highest BCUT2D eigenvalue weighted by Gasteiger charge is 2.24. The van der Waals surface area contributed by atoms with Crippen molar-refractivity contribution in [1.82, 2.24) is 64.4 Å². The van der Waals surface area contributed by atoms with Crippen LogP contribution in [0.15, 0.2) is 431 Å². The molecule has 0 aliphatic rings. The number of para-hydroxylation sites is 1. The molecule has 604 valence electrons. The summed E-state index contributed by atoms with van der Waals surface area (Å²) in [7, 11) is 0. The molecule has 0 aliphatic heterocycles. The highest BCUT2D eigenvalue weighted by Crippen LogP contribution is 2.45. The number of aromatic nitrogens is 13. The van der Waals surface area contributed by atoms with E-state index < -0.39 is 0 Å². The van der Waals surface area contributed by atoms with Gasteiger partial charge in [0.1, 0.15) is 15.8 Å². The van der Waals surface area contributed by atoms with Gasteiger partial charge < -0.3 is 0 Å². The summed E-state index contributed by atoms with van der Waals surface area (Å²) in [5, 5.41) is 15.7. The second-order valence-electron chi connectivity index (χ2n) is 31.4. The highest BCUT2D eigenvalue weighted by atomic mass is 32.1. The van der Waals surface area contributed by atoms with E-state index >= 15 is 0 Å². The Labute approximate surface area is 749 Å². The van der Waals surface area contributed by atoms with Gasteiger partial charge in [-0.25, -0.2) is 59.8 Å². The van der Waals surface area contributed by atoms with Crippen molar-refractivity contribution in [2.24, 2.45) is 0 Å². The summed E-state index contributed by atoms with van der Waals surface area (Å²) in [5.41, 5.74) is 17.1. The van der Waals surface area contributed by atoms with Crippen LogP contribution in [0.3, 0.4) is 0 Å². The van der Waals surface area contributed by atoms with Crippen molar-refractivity contribution < 1.29 is 0 Å². The first kappa shape index (κ1) is 76.9. The van der Waals surface area contributed by atoms with Gasteiger partial charge in [-0.15, -0.1) is 22.7 Å². The zero-order chi connectivity index (χ0) is 85.5. The predicted molar refractivity (Wildman–Crippen MR) is 531 cm³/mol. The van der Waals surface area contributed by atoms with Gasteiger partial charge in [-0.1, -0.05) is 382 Å². The Bertz CT molecular complexity index is 8250. The molecule has 6 heterocycles. The minimum atomic E-state index is 0.637. The van der Waals surface area contributed by atoms with E-state index in [0.29, 0.717) is 52.4 Å². The first-order valence-corrected chi connectivity index (χ1v) is 44.3. The van der Waals surface area contributed by atoms with Gasteiger partial charge in [-0.05, 0) is 97.0 Å². The van der Waals surface area contributed by atoms with Gasteiger partial charge in [-0.3, -0.25) is 4.57 Å². The topological polar surface area (TPSA) is 160 Å². The van der Waals surface area contributed by atoms with Crippen molar-refractivity contribution in [1.29, 1.82) is 0 Å². The maximum atomic E-state index is 5.34. The molecule has 0 aliphatic carbocycles. The van der Waals surface area contributed by atoms with Gasteiger partial charge in [0.15, 0.2) is 52.4 Å². The Morgan fingerprint density at radius 1 is 0.178 bits per heavy atom. The number of benzene rings is 19. The van der Waals surface area contributed by atoms with Gasteiger partial charge >= 0.3 is 0 Å². The van der Waals surface area contributed by atoms with Crippen molar-refractivity contribution in [3.8, 4) is 141 Å². The van der Waals surface area contributed by atoms with Crippen LogP contribution in [-0.4, -0.2) is 64.4 Å². The van der Waals surface area contributed by atoms with Crippen LogP contribution in [0.25, 0.3) is 237 Å². The summed E-state index contributed by atoms with van der Waals surface area (Å²) in [6, 6.07) is 148. The number of thiazole rings is 2. The number of nitrogens with zero attached hydrogens (tertiary/aromatic N) is 13. The lowest BCUT2D eigenvalue weighted by Gasteiger charge is -2.12. The smallest absolute Gasteiger partial charge is 0.164 e.